The fourth-order valence-electron chi connectivity index (χ4n) is 2.01. The fourth-order valence-corrected chi connectivity index (χ4v) is 2.01. The van der Waals surface area contributed by atoms with E-state index in [1.807, 2.05) is 44.6 Å². The van der Waals surface area contributed by atoms with Gasteiger partial charge in [0.25, 0.3) is 0 Å². The van der Waals surface area contributed by atoms with Gasteiger partial charge in [-0.2, -0.15) is 0 Å². The van der Waals surface area contributed by atoms with Gasteiger partial charge in [-0.15, -0.1) is 0 Å². The Hall–Kier alpha value is -1.81. The van der Waals surface area contributed by atoms with Crippen LogP contribution >= 0.6 is 0 Å². The number of rotatable bonds is 4. The van der Waals surface area contributed by atoms with Gasteiger partial charge >= 0.3 is 5.97 Å². The van der Waals surface area contributed by atoms with Gasteiger partial charge in [0.05, 0.1) is 12.7 Å². The van der Waals surface area contributed by atoms with Crippen molar-refractivity contribution in [2.24, 2.45) is 0 Å². The van der Waals surface area contributed by atoms with E-state index in [1.54, 1.807) is 0 Å². The van der Waals surface area contributed by atoms with Gasteiger partial charge in [0.2, 0.25) is 0 Å². The molecule has 4 nitrogen and oxygen atoms in total. The lowest BCUT2D eigenvalue weighted by Gasteiger charge is -2.10. The predicted molar refractivity (Wildman–Crippen MR) is 71.8 cm³/mol. The first-order chi connectivity index (χ1) is 8.63. The van der Waals surface area contributed by atoms with E-state index >= 15 is 0 Å². The number of hydrogen-bond acceptors (Lipinski definition) is 3. The van der Waals surface area contributed by atoms with Crippen molar-refractivity contribution in [2.75, 3.05) is 27.7 Å². The number of hydrogen-bond donors (Lipinski definition) is 0. The van der Waals surface area contributed by atoms with Crippen LogP contribution in [0.2, 0.25) is 0 Å². The highest BCUT2D eigenvalue weighted by atomic mass is 16.5. The lowest BCUT2D eigenvalue weighted by atomic mass is 10.2. The Kier molecular flexibility index (Phi) is 3.67. The predicted octanol–water partition coefficient (Wildman–Crippen LogP) is 1.99. The molecule has 1 heterocycles. The van der Waals surface area contributed by atoms with Crippen molar-refractivity contribution < 1.29 is 9.53 Å². The van der Waals surface area contributed by atoms with Crippen LogP contribution in [-0.4, -0.2) is 43.2 Å². The number of carbonyl (C=O) groups excluding carboxylic acids is 1. The molecule has 1 aromatic carbocycles. The molecule has 0 fully saturated rings. The molecule has 4 heteroatoms. The zero-order valence-electron chi connectivity index (χ0n) is 11.0. The zero-order chi connectivity index (χ0) is 13.1. The summed E-state index contributed by atoms with van der Waals surface area (Å²) < 4.78 is 6.92. The summed E-state index contributed by atoms with van der Waals surface area (Å²) in [6.45, 7) is 1.78. The van der Waals surface area contributed by atoms with Crippen LogP contribution in [0.25, 0.3) is 10.9 Å². The summed E-state index contributed by atoms with van der Waals surface area (Å²) in [5.74, 6) is -0.283. The number of nitrogens with zero attached hydrogens (tertiary/aromatic N) is 2. The highest BCUT2D eigenvalue weighted by molar-refractivity contribution is 6.04. The minimum absolute atomic E-state index is 0.283. The third-order valence-corrected chi connectivity index (χ3v) is 2.98. The maximum absolute atomic E-state index is 11.7. The van der Waals surface area contributed by atoms with Crippen molar-refractivity contribution in [3.05, 3.63) is 36.0 Å². The van der Waals surface area contributed by atoms with Crippen LogP contribution in [0.3, 0.4) is 0 Å². The summed E-state index contributed by atoms with van der Waals surface area (Å²) in [4.78, 5) is 13.9. The highest BCUT2D eigenvalue weighted by Crippen LogP contribution is 2.21. The van der Waals surface area contributed by atoms with Gasteiger partial charge in [0, 0.05) is 30.2 Å². The Bertz CT molecular complexity index is 558. The number of esters is 1. The number of methoxy groups -OCH3 is 1. The smallest absolute Gasteiger partial charge is 0.340 e. The maximum Gasteiger partial charge on any atom is 0.340 e. The SMILES string of the molecule is COC(=O)c1cn(CCN(C)C)c2ccccc12. The Labute approximate surface area is 107 Å². The molecule has 0 unspecified atom stereocenters. The van der Waals surface area contributed by atoms with Crippen LogP contribution in [0.5, 0.6) is 0 Å². The number of carbonyl (C=O) groups is 1. The van der Waals surface area contributed by atoms with E-state index in [9.17, 15) is 4.79 Å². The van der Waals surface area contributed by atoms with Crippen molar-refractivity contribution >= 4 is 16.9 Å². The van der Waals surface area contributed by atoms with E-state index in [-0.39, 0.29) is 5.97 Å². The molecule has 96 valence electrons. The van der Waals surface area contributed by atoms with Crippen LogP contribution in [0.4, 0.5) is 0 Å². The number of ether oxygens (including phenoxy) is 1. The molecule has 0 amide bonds. The molecule has 0 atom stereocenters. The van der Waals surface area contributed by atoms with Crippen LogP contribution in [0.15, 0.2) is 30.5 Å². The summed E-state index contributed by atoms with van der Waals surface area (Å²) in [7, 11) is 5.48. The molecule has 0 saturated carbocycles. The summed E-state index contributed by atoms with van der Waals surface area (Å²) >= 11 is 0. The molecule has 0 N–H and O–H groups in total. The summed E-state index contributed by atoms with van der Waals surface area (Å²) in [5, 5.41) is 0.947. The first-order valence-electron chi connectivity index (χ1n) is 5.94. The average molecular weight is 246 g/mol. The standard InChI is InChI=1S/C14H18N2O2/c1-15(2)8-9-16-10-12(14(17)18-3)11-6-4-5-7-13(11)16/h4-7,10H,8-9H2,1-3H3. The molecule has 2 rings (SSSR count). The molecule has 0 radical (unpaired) electrons. The van der Waals surface area contributed by atoms with Crippen LogP contribution in [0.1, 0.15) is 10.4 Å². The van der Waals surface area contributed by atoms with Crippen LogP contribution < -0.4 is 0 Å². The van der Waals surface area contributed by atoms with E-state index < -0.39 is 0 Å². The third kappa shape index (κ3) is 2.38. The third-order valence-electron chi connectivity index (χ3n) is 2.98. The molecule has 0 bridgehead atoms. The zero-order valence-corrected chi connectivity index (χ0v) is 11.0. The molecule has 1 aromatic heterocycles. The molecule has 0 aliphatic carbocycles. The summed E-state index contributed by atoms with van der Waals surface area (Å²) in [6.07, 6.45) is 1.88. The minimum atomic E-state index is -0.283. The van der Waals surface area contributed by atoms with Crippen molar-refractivity contribution in [1.29, 1.82) is 0 Å². The van der Waals surface area contributed by atoms with Gasteiger partial charge in [-0.1, -0.05) is 18.2 Å². The van der Waals surface area contributed by atoms with Gasteiger partial charge in [-0.25, -0.2) is 4.79 Å². The Balaban J connectivity index is 2.44. The van der Waals surface area contributed by atoms with Crippen LogP contribution in [0, 0.1) is 0 Å². The second-order valence-corrected chi connectivity index (χ2v) is 4.55. The van der Waals surface area contributed by atoms with E-state index in [2.05, 4.69) is 9.47 Å². The first-order valence-corrected chi connectivity index (χ1v) is 5.94. The molecule has 0 saturated heterocycles. The molecule has 0 aliphatic rings. The van der Waals surface area contributed by atoms with Gasteiger partial charge in [-0.05, 0) is 20.2 Å². The highest BCUT2D eigenvalue weighted by Gasteiger charge is 2.14. The van der Waals surface area contributed by atoms with Gasteiger partial charge < -0.3 is 14.2 Å². The van der Waals surface area contributed by atoms with Crippen molar-refractivity contribution in [3.63, 3.8) is 0 Å². The maximum atomic E-state index is 11.7. The number of aromatic nitrogens is 1. The van der Waals surface area contributed by atoms with E-state index in [0.717, 1.165) is 24.0 Å². The molecular weight excluding hydrogens is 228 g/mol. The molecule has 18 heavy (non-hydrogen) atoms. The van der Waals surface area contributed by atoms with E-state index in [4.69, 9.17) is 4.74 Å². The molecule has 2 aromatic rings. The summed E-state index contributed by atoms with van der Waals surface area (Å²) in [5.41, 5.74) is 1.70. The molecule has 0 aliphatic heterocycles. The monoisotopic (exact) mass is 246 g/mol. The lowest BCUT2D eigenvalue weighted by molar-refractivity contribution is 0.0602. The Morgan fingerprint density at radius 2 is 2.06 bits per heavy atom. The average Bonchev–Trinajstić information content (AvgIpc) is 2.74. The second-order valence-electron chi connectivity index (χ2n) is 4.55. The van der Waals surface area contributed by atoms with Gasteiger partial charge in [0.15, 0.2) is 0 Å². The Morgan fingerprint density at radius 3 is 2.72 bits per heavy atom. The molecular formula is C14H18N2O2. The Morgan fingerprint density at radius 1 is 1.33 bits per heavy atom. The molecule has 0 spiro atoms. The minimum Gasteiger partial charge on any atom is -0.465 e. The normalized spacial score (nSPS) is 11.1. The van der Waals surface area contributed by atoms with Crippen LogP contribution in [-0.2, 0) is 11.3 Å². The van der Waals surface area contributed by atoms with Crippen molar-refractivity contribution in [3.8, 4) is 0 Å². The van der Waals surface area contributed by atoms with Crippen molar-refractivity contribution in [2.45, 2.75) is 6.54 Å². The fraction of sp³-hybridized carbons (Fsp3) is 0.357. The van der Waals surface area contributed by atoms with E-state index in [0.29, 0.717) is 5.56 Å². The van der Waals surface area contributed by atoms with Crippen molar-refractivity contribution in [1.82, 2.24) is 9.47 Å². The lowest BCUT2D eigenvalue weighted by Crippen LogP contribution is -2.18. The first kappa shape index (κ1) is 12.6. The topological polar surface area (TPSA) is 34.5 Å². The number of fused-ring (bicyclic) bond motifs is 1. The summed E-state index contributed by atoms with van der Waals surface area (Å²) in [6, 6.07) is 7.89. The van der Waals surface area contributed by atoms with Gasteiger partial charge in [0.1, 0.15) is 0 Å². The quantitative estimate of drug-likeness (QED) is 0.774. The van der Waals surface area contributed by atoms with Gasteiger partial charge in [-0.3, -0.25) is 0 Å². The number of likely N-dealkylation sites (N-methyl/N-ethyl adjacent to an activating group) is 1. The van der Waals surface area contributed by atoms with E-state index in [1.165, 1.54) is 7.11 Å². The second kappa shape index (κ2) is 5.23. The number of benzene rings is 1. The number of para-hydroxylation sites is 1. The largest absolute Gasteiger partial charge is 0.465 e.